The molecular weight excluding hydrogens is 270 g/mol. The lowest BCUT2D eigenvalue weighted by Crippen LogP contribution is -2.39. The summed E-state index contributed by atoms with van der Waals surface area (Å²) in [6, 6.07) is 7.61. The van der Waals surface area contributed by atoms with Crippen molar-refractivity contribution >= 4 is 11.9 Å². The minimum atomic E-state index is -0.866. The van der Waals surface area contributed by atoms with Gasteiger partial charge in [0.25, 0.3) is 0 Å². The van der Waals surface area contributed by atoms with Crippen molar-refractivity contribution in [2.75, 3.05) is 13.7 Å². The van der Waals surface area contributed by atoms with Crippen LogP contribution in [0.15, 0.2) is 24.3 Å². The Morgan fingerprint density at radius 3 is 2.71 bits per heavy atom. The van der Waals surface area contributed by atoms with E-state index in [0.29, 0.717) is 0 Å². The summed E-state index contributed by atoms with van der Waals surface area (Å²) in [6.45, 7) is 1.92. The first-order chi connectivity index (χ1) is 10.0. The van der Waals surface area contributed by atoms with Gasteiger partial charge >= 0.3 is 5.97 Å². The molecule has 0 spiro atoms. The minimum Gasteiger partial charge on any atom is -0.497 e. The molecule has 1 aliphatic rings. The summed E-state index contributed by atoms with van der Waals surface area (Å²) in [5, 5.41) is 9.02. The fraction of sp³-hybridized carbons (Fsp3) is 0.500. The van der Waals surface area contributed by atoms with E-state index in [9.17, 15) is 9.59 Å². The number of benzene rings is 1. The first-order valence-electron chi connectivity index (χ1n) is 7.16. The fourth-order valence-corrected chi connectivity index (χ4v) is 2.27. The normalized spacial score (nSPS) is 15.3. The Labute approximate surface area is 124 Å². The molecule has 1 aromatic rings. The van der Waals surface area contributed by atoms with Gasteiger partial charge in [-0.1, -0.05) is 19.1 Å². The monoisotopic (exact) mass is 291 g/mol. The zero-order valence-electron chi connectivity index (χ0n) is 12.4. The molecule has 0 saturated heterocycles. The summed E-state index contributed by atoms with van der Waals surface area (Å²) in [4.78, 5) is 25.2. The molecule has 114 valence electrons. The van der Waals surface area contributed by atoms with Gasteiger partial charge in [0.1, 0.15) is 5.75 Å². The van der Waals surface area contributed by atoms with Crippen molar-refractivity contribution < 1.29 is 19.4 Å². The van der Waals surface area contributed by atoms with E-state index in [-0.39, 0.29) is 24.9 Å². The van der Waals surface area contributed by atoms with Gasteiger partial charge < -0.3 is 14.7 Å². The summed E-state index contributed by atoms with van der Waals surface area (Å²) in [5.41, 5.74) is 0.882. The number of rotatable bonds is 7. The average Bonchev–Trinajstić information content (AvgIpc) is 3.28. The Kier molecular flexibility index (Phi) is 4.83. The highest BCUT2D eigenvalue weighted by atomic mass is 16.5. The zero-order valence-corrected chi connectivity index (χ0v) is 12.4. The van der Waals surface area contributed by atoms with Crippen LogP contribution in [-0.2, 0) is 16.0 Å². The summed E-state index contributed by atoms with van der Waals surface area (Å²) in [5.74, 6) is -0.703. The lowest BCUT2D eigenvalue weighted by atomic mass is 10.1. The molecule has 1 fully saturated rings. The van der Waals surface area contributed by atoms with Crippen LogP contribution in [0.1, 0.15) is 25.3 Å². The second-order valence-electron chi connectivity index (χ2n) is 5.54. The molecule has 2 rings (SSSR count). The van der Waals surface area contributed by atoms with Gasteiger partial charge in [-0.25, -0.2) is 0 Å². The van der Waals surface area contributed by atoms with Crippen LogP contribution >= 0.6 is 0 Å². The van der Waals surface area contributed by atoms with Gasteiger partial charge in [0.15, 0.2) is 0 Å². The first-order valence-corrected chi connectivity index (χ1v) is 7.16. The molecule has 1 amide bonds. The number of ether oxygens (including phenoxy) is 1. The number of nitrogens with zero attached hydrogens (tertiary/aromatic N) is 1. The number of carbonyl (C=O) groups excluding carboxylic acids is 1. The highest BCUT2D eigenvalue weighted by Gasteiger charge is 2.34. The summed E-state index contributed by atoms with van der Waals surface area (Å²) < 4.78 is 5.15. The van der Waals surface area contributed by atoms with Crippen molar-refractivity contribution in [3.63, 3.8) is 0 Å². The van der Waals surface area contributed by atoms with E-state index in [1.54, 1.807) is 18.9 Å². The molecular formula is C16H21NO4. The van der Waals surface area contributed by atoms with Crippen molar-refractivity contribution in [3.8, 4) is 5.75 Å². The number of amides is 1. The summed E-state index contributed by atoms with van der Waals surface area (Å²) >= 11 is 0. The van der Waals surface area contributed by atoms with Crippen LogP contribution in [-0.4, -0.2) is 41.6 Å². The van der Waals surface area contributed by atoms with Crippen LogP contribution in [0, 0.1) is 5.92 Å². The van der Waals surface area contributed by atoms with Gasteiger partial charge in [0.2, 0.25) is 5.91 Å². The number of carboxylic acids is 1. The number of aliphatic carboxylic acids is 1. The van der Waals surface area contributed by atoms with E-state index in [4.69, 9.17) is 9.84 Å². The highest BCUT2D eigenvalue weighted by molar-refractivity contribution is 5.80. The molecule has 1 saturated carbocycles. The molecule has 21 heavy (non-hydrogen) atoms. The molecule has 0 bridgehead atoms. The predicted molar refractivity (Wildman–Crippen MR) is 78.2 cm³/mol. The highest BCUT2D eigenvalue weighted by Crippen LogP contribution is 2.28. The molecule has 0 radical (unpaired) electrons. The zero-order chi connectivity index (χ0) is 15.4. The molecule has 1 N–H and O–H groups in total. The molecule has 1 aromatic carbocycles. The van der Waals surface area contributed by atoms with E-state index in [1.165, 1.54) is 0 Å². The predicted octanol–water partition coefficient (Wildman–Crippen LogP) is 1.95. The van der Waals surface area contributed by atoms with Gasteiger partial charge in [-0.05, 0) is 30.5 Å². The SMILES string of the molecule is COc1cccc(CC(=O)N(CC(C)C(=O)O)C2CC2)c1. The Balaban J connectivity index is 2.03. The van der Waals surface area contributed by atoms with E-state index >= 15 is 0 Å². The second kappa shape index (κ2) is 6.61. The van der Waals surface area contributed by atoms with Crippen LogP contribution in [0.25, 0.3) is 0 Å². The number of carboxylic acid groups (broad SMARTS) is 1. The topological polar surface area (TPSA) is 66.8 Å². The molecule has 0 aliphatic heterocycles. The molecule has 1 atom stereocenters. The molecule has 1 unspecified atom stereocenters. The van der Waals surface area contributed by atoms with Gasteiger partial charge in [-0.15, -0.1) is 0 Å². The van der Waals surface area contributed by atoms with E-state index in [1.807, 2.05) is 24.3 Å². The van der Waals surface area contributed by atoms with Crippen LogP contribution in [0.2, 0.25) is 0 Å². The number of hydrogen-bond acceptors (Lipinski definition) is 3. The largest absolute Gasteiger partial charge is 0.497 e. The lowest BCUT2D eigenvalue weighted by Gasteiger charge is -2.24. The molecule has 0 aromatic heterocycles. The van der Waals surface area contributed by atoms with E-state index < -0.39 is 11.9 Å². The van der Waals surface area contributed by atoms with Crippen LogP contribution in [0.4, 0.5) is 0 Å². The van der Waals surface area contributed by atoms with Gasteiger partial charge in [-0.3, -0.25) is 9.59 Å². The van der Waals surface area contributed by atoms with Crippen LogP contribution in [0.3, 0.4) is 0 Å². The van der Waals surface area contributed by atoms with Gasteiger partial charge in [-0.2, -0.15) is 0 Å². The third-order valence-corrected chi connectivity index (χ3v) is 3.69. The summed E-state index contributed by atoms with van der Waals surface area (Å²) in [7, 11) is 1.59. The minimum absolute atomic E-state index is 0.0150. The number of carbonyl (C=O) groups is 2. The van der Waals surface area contributed by atoms with E-state index in [2.05, 4.69) is 0 Å². The van der Waals surface area contributed by atoms with E-state index in [0.717, 1.165) is 24.2 Å². The quantitative estimate of drug-likeness (QED) is 0.834. The van der Waals surface area contributed by atoms with Crippen molar-refractivity contribution in [3.05, 3.63) is 29.8 Å². The average molecular weight is 291 g/mol. The maximum atomic E-state index is 12.4. The summed E-state index contributed by atoms with van der Waals surface area (Å²) in [6.07, 6.45) is 2.21. The van der Waals surface area contributed by atoms with Crippen molar-refractivity contribution in [2.45, 2.75) is 32.2 Å². The molecule has 0 heterocycles. The third-order valence-electron chi connectivity index (χ3n) is 3.69. The smallest absolute Gasteiger partial charge is 0.308 e. The molecule has 5 heteroatoms. The molecule has 5 nitrogen and oxygen atoms in total. The van der Waals surface area contributed by atoms with Crippen molar-refractivity contribution in [1.29, 1.82) is 0 Å². The maximum absolute atomic E-state index is 12.4. The van der Waals surface area contributed by atoms with Crippen molar-refractivity contribution in [2.24, 2.45) is 5.92 Å². The third kappa shape index (κ3) is 4.21. The van der Waals surface area contributed by atoms with Crippen LogP contribution in [0.5, 0.6) is 5.75 Å². The number of hydrogen-bond donors (Lipinski definition) is 1. The second-order valence-corrected chi connectivity index (χ2v) is 5.54. The standard InChI is InChI=1S/C16H21NO4/c1-11(16(19)20)10-17(13-6-7-13)15(18)9-12-4-3-5-14(8-12)21-2/h3-5,8,11,13H,6-7,9-10H2,1-2H3,(H,19,20). The van der Waals surface area contributed by atoms with Crippen molar-refractivity contribution in [1.82, 2.24) is 4.90 Å². The van der Waals surface area contributed by atoms with Gasteiger partial charge in [0, 0.05) is 12.6 Å². The number of methoxy groups -OCH3 is 1. The Bertz CT molecular complexity index is 525. The lowest BCUT2D eigenvalue weighted by molar-refractivity contribution is -0.143. The Morgan fingerprint density at radius 1 is 1.43 bits per heavy atom. The molecule has 1 aliphatic carbocycles. The fourth-order valence-electron chi connectivity index (χ4n) is 2.27. The Hall–Kier alpha value is -2.04. The van der Waals surface area contributed by atoms with Gasteiger partial charge in [0.05, 0.1) is 19.4 Å². The first kappa shape index (κ1) is 15.4. The Morgan fingerprint density at radius 2 is 2.14 bits per heavy atom. The van der Waals surface area contributed by atoms with Crippen LogP contribution < -0.4 is 4.74 Å². The maximum Gasteiger partial charge on any atom is 0.308 e.